The number of rotatable bonds is 2. The Morgan fingerprint density at radius 1 is 1.13 bits per heavy atom. The monoisotopic (exact) mass is 198 g/mol. The number of allylic oxidation sites excluding steroid dienone is 2. The predicted octanol–water partition coefficient (Wildman–Crippen LogP) is 2.32. The summed E-state index contributed by atoms with van der Waals surface area (Å²) in [6.45, 7) is 0. The second-order valence-electron chi connectivity index (χ2n) is 3.15. The molecule has 0 heterocycles. The van der Waals surface area contributed by atoms with E-state index in [2.05, 4.69) is 0 Å². The van der Waals surface area contributed by atoms with E-state index in [1.807, 2.05) is 48.4 Å². The van der Waals surface area contributed by atoms with Crippen LogP contribution < -0.4 is 4.74 Å². The van der Waals surface area contributed by atoms with Crippen LogP contribution in [-0.4, -0.2) is 12.0 Å². The second kappa shape index (κ2) is 4.45. The minimum absolute atomic E-state index is 0.324. The minimum atomic E-state index is -0.324. The molecule has 0 saturated heterocycles. The molecule has 1 unspecified atom stereocenters. The summed E-state index contributed by atoms with van der Waals surface area (Å²) in [6.07, 6.45) is 6.86. The van der Waals surface area contributed by atoms with Gasteiger partial charge in [-0.05, 0) is 24.3 Å². The maximum atomic E-state index is 10.6. The molecular formula is C13H10O2. The molecule has 1 aliphatic carbocycles. The fourth-order valence-corrected chi connectivity index (χ4v) is 1.36. The molecule has 2 nitrogen and oxygen atoms in total. The first-order valence-corrected chi connectivity index (χ1v) is 4.72. The van der Waals surface area contributed by atoms with E-state index in [0.717, 1.165) is 5.75 Å². The zero-order valence-corrected chi connectivity index (χ0v) is 8.09. The van der Waals surface area contributed by atoms with E-state index < -0.39 is 0 Å². The zero-order chi connectivity index (χ0) is 10.5. The van der Waals surface area contributed by atoms with Crippen LogP contribution in [0.15, 0.2) is 60.2 Å². The van der Waals surface area contributed by atoms with Crippen molar-refractivity contribution in [2.24, 2.45) is 0 Å². The van der Waals surface area contributed by atoms with Gasteiger partial charge in [-0.3, -0.25) is 0 Å². The topological polar surface area (TPSA) is 26.3 Å². The maximum Gasteiger partial charge on any atom is 0.153 e. The van der Waals surface area contributed by atoms with Gasteiger partial charge in [-0.1, -0.05) is 30.4 Å². The van der Waals surface area contributed by atoms with Crippen molar-refractivity contribution < 1.29 is 9.53 Å². The van der Waals surface area contributed by atoms with Crippen LogP contribution in [0.25, 0.3) is 0 Å². The third kappa shape index (κ3) is 2.25. The third-order valence-electron chi connectivity index (χ3n) is 2.10. The van der Waals surface area contributed by atoms with Gasteiger partial charge in [0.1, 0.15) is 11.7 Å². The number of hydrogen-bond acceptors (Lipinski definition) is 2. The first-order valence-electron chi connectivity index (χ1n) is 4.72. The molecule has 1 aliphatic rings. The molecule has 0 N–H and O–H groups in total. The van der Waals surface area contributed by atoms with E-state index in [0.29, 0.717) is 5.57 Å². The summed E-state index contributed by atoms with van der Waals surface area (Å²) in [6, 6.07) is 9.41. The van der Waals surface area contributed by atoms with Crippen molar-refractivity contribution in [3.63, 3.8) is 0 Å². The van der Waals surface area contributed by atoms with E-state index in [4.69, 9.17) is 4.74 Å². The van der Waals surface area contributed by atoms with Crippen molar-refractivity contribution in [1.29, 1.82) is 0 Å². The van der Waals surface area contributed by atoms with Crippen molar-refractivity contribution >= 4 is 5.94 Å². The Morgan fingerprint density at radius 3 is 2.67 bits per heavy atom. The van der Waals surface area contributed by atoms with Gasteiger partial charge < -0.3 is 4.74 Å². The molecule has 0 aromatic heterocycles. The molecule has 0 radical (unpaired) electrons. The molecule has 0 amide bonds. The Balaban J connectivity index is 2.16. The molecule has 1 aromatic carbocycles. The summed E-state index contributed by atoms with van der Waals surface area (Å²) >= 11 is 0. The second-order valence-corrected chi connectivity index (χ2v) is 3.15. The van der Waals surface area contributed by atoms with Crippen LogP contribution in [0.1, 0.15) is 0 Å². The van der Waals surface area contributed by atoms with Crippen LogP contribution in [0.5, 0.6) is 5.75 Å². The highest BCUT2D eigenvalue weighted by molar-refractivity contribution is 5.61. The van der Waals surface area contributed by atoms with E-state index in [9.17, 15) is 4.79 Å². The van der Waals surface area contributed by atoms with Crippen LogP contribution >= 0.6 is 0 Å². The molecule has 2 heteroatoms. The molecule has 15 heavy (non-hydrogen) atoms. The molecule has 74 valence electrons. The van der Waals surface area contributed by atoms with E-state index in [-0.39, 0.29) is 6.10 Å². The Morgan fingerprint density at radius 2 is 1.93 bits per heavy atom. The smallest absolute Gasteiger partial charge is 0.153 e. The lowest BCUT2D eigenvalue weighted by molar-refractivity contribution is 0.288. The highest BCUT2D eigenvalue weighted by Crippen LogP contribution is 2.17. The number of benzene rings is 1. The molecule has 1 aromatic rings. The highest BCUT2D eigenvalue weighted by Gasteiger charge is 2.13. The molecule has 0 saturated carbocycles. The summed E-state index contributed by atoms with van der Waals surface area (Å²) in [7, 11) is 0. The maximum absolute atomic E-state index is 10.6. The lowest BCUT2D eigenvalue weighted by Gasteiger charge is -2.16. The van der Waals surface area contributed by atoms with Gasteiger partial charge in [-0.25, -0.2) is 4.79 Å². The molecule has 0 spiro atoms. The summed E-state index contributed by atoms with van der Waals surface area (Å²) in [5.41, 5.74) is 0.515. The number of hydrogen-bond donors (Lipinski definition) is 0. The first-order chi connectivity index (χ1) is 7.40. The summed E-state index contributed by atoms with van der Waals surface area (Å²) in [5, 5.41) is 0. The summed E-state index contributed by atoms with van der Waals surface area (Å²) < 4.78 is 5.62. The SMILES string of the molecule is O=C=C1C=CC=CC1Oc1ccccc1. The van der Waals surface area contributed by atoms with E-state index in [1.165, 1.54) is 0 Å². The predicted molar refractivity (Wildman–Crippen MR) is 58.3 cm³/mol. The fourth-order valence-electron chi connectivity index (χ4n) is 1.36. The Bertz CT molecular complexity index is 437. The summed E-state index contributed by atoms with van der Waals surface area (Å²) in [5.74, 6) is 2.62. The molecule has 2 rings (SSSR count). The van der Waals surface area contributed by atoms with Gasteiger partial charge in [0.2, 0.25) is 0 Å². The Labute approximate surface area is 88.2 Å². The van der Waals surface area contributed by atoms with Gasteiger partial charge in [-0.2, -0.15) is 0 Å². The normalized spacial score (nSPS) is 18.7. The Kier molecular flexibility index (Phi) is 2.82. The van der Waals surface area contributed by atoms with Crippen LogP contribution in [0.4, 0.5) is 0 Å². The number of carbonyl (C=O) groups excluding carboxylic acids is 1. The van der Waals surface area contributed by atoms with Gasteiger partial charge in [-0.15, -0.1) is 0 Å². The molecule has 0 aliphatic heterocycles. The highest BCUT2D eigenvalue weighted by atomic mass is 16.5. The third-order valence-corrected chi connectivity index (χ3v) is 2.10. The quantitative estimate of drug-likeness (QED) is 0.682. The molecule has 0 bridgehead atoms. The molecule has 0 fully saturated rings. The van der Waals surface area contributed by atoms with Crippen LogP contribution in [-0.2, 0) is 4.79 Å². The van der Waals surface area contributed by atoms with Gasteiger partial charge in [0, 0.05) is 0 Å². The summed E-state index contributed by atoms with van der Waals surface area (Å²) in [4.78, 5) is 10.6. The van der Waals surface area contributed by atoms with E-state index in [1.54, 1.807) is 12.2 Å². The van der Waals surface area contributed by atoms with Crippen molar-refractivity contribution in [2.45, 2.75) is 6.10 Å². The lowest BCUT2D eigenvalue weighted by Crippen LogP contribution is -2.17. The van der Waals surface area contributed by atoms with Crippen LogP contribution in [0, 0.1) is 0 Å². The van der Waals surface area contributed by atoms with Gasteiger partial charge >= 0.3 is 0 Å². The van der Waals surface area contributed by atoms with Crippen molar-refractivity contribution in [3.05, 3.63) is 60.2 Å². The average molecular weight is 198 g/mol. The van der Waals surface area contributed by atoms with Crippen LogP contribution in [0.2, 0.25) is 0 Å². The van der Waals surface area contributed by atoms with Gasteiger partial charge in [0.05, 0.1) is 5.57 Å². The lowest BCUT2D eigenvalue weighted by atomic mass is 10.1. The van der Waals surface area contributed by atoms with Crippen molar-refractivity contribution in [3.8, 4) is 5.75 Å². The van der Waals surface area contributed by atoms with Crippen LogP contribution in [0.3, 0.4) is 0 Å². The van der Waals surface area contributed by atoms with Crippen molar-refractivity contribution in [2.75, 3.05) is 0 Å². The van der Waals surface area contributed by atoms with Gasteiger partial charge in [0.15, 0.2) is 6.10 Å². The fraction of sp³-hybridized carbons (Fsp3) is 0.0769. The zero-order valence-electron chi connectivity index (χ0n) is 8.09. The Hall–Kier alpha value is -2.05. The largest absolute Gasteiger partial charge is 0.481 e. The van der Waals surface area contributed by atoms with Crippen molar-refractivity contribution in [1.82, 2.24) is 0 Å². The number of para-hydroxylation sites is 1. The van der Waals surface area contributed by atoms with Gasteiger partial charge in [0.25, 0.3) is 0 Å². The van der Waals surface area contributed by atoms with E-state index >= 15 is 0 Å². The minimum Gasteiger partial charge on any atom is -0.481 e. The number of ether oxygens (including phenoxy) is 1. The first kappa shape index (κ1) is 9.50. The average Bonchev–Trinajstić information content (AvgIpc) is 2.31. The molecule has 1 atom stereocenters. The standard InChI is InChI=1S/C13H10O2/c14-10-11-6-4-5-9-13(11)15-12-7-2-1-3-8-12/h1-9,13H. The molecular weight excluding hydrogens is 188 g/mol.